The van der Waals surface area contributed by atoms with Gasteiger partial charge in [0.1, 0.15) is 17.0 Å². The van der Waals surface area contributed by atoms with Crippen molar-refractivity contribution in [2.75, 3.05) is 25.6 Å². The lowest BCUT2D eigenvalue weighted by atomic mass is 9.90. The Kier molecular flexibility index (Phi) is 6.52. The van der Waals surface area contributed by atoms with Crippen LogP contribution >= 0.6 is 11.3 Å². The normalized spacial score (nSPS) is 15.0. The highest BCUT2D eigenvalue weighted by Gasteiger charge is 2.31. The number of methoxy groups -OCH3 is 1. The first-order valence-corrected chi connectivity index (χ1v) is 13.7. The number of ether oxygens (including phenoxy) is 2. The number of unbranched alkanes of at least 4 members (excludes halogenated alkanes) is 1. The molecule has 1 aromatic carbocycles. The van der Waals surface area contributed by atoms with Gasteiger partial charge < -0.3 is 19.8 Å². The van der Waals surface area contributed by atoms with Crippen LogP contribution in [-0.2, 0) is 35.3 Å². The van der Waals surface area contributed by atoms with Crippen molar-refractivity contribution in [3.63, 3.8) is 0 Å². The maximum Gasteiger partial charge on any atom is 0.147 e. The molecule has 5 aromatic rings. The lowest BCUT2D eigenvalue weighted by Crippen LogP contribution is -2.33. The highest BCUT2D eigenvalue weighted by Crippen LogP contribution is 2.41. The predicted octanol–water partition coefficient (Wildman–Crippen LogP) is 5.59. The molecule has 4 aromatic heterocycles. The Balaban J connectivity index is 1.33. The number of aromatic amines is 1. The Morgan fingerprint density at radius 2 is 2.08 bits per heavy atom. The van der Waals surface area contributed by atoms with Gasteiger partial charge in [0.05, 0.1) is 45.5 Å². The molecule has 0 atom stereocenters. The first-order chi connectivity index (χ1) is 18.0. The van der Waals surface area contributed by atoms with Crippen LogP contribution < -0.4 is 5.32 Å². The van der Waals surface area contributed by atoms with Crippen molar-refractivity contribution in [1.29, 1.82) is 0 Å². The van der Waals surface area contributed by atoms with Gasteiger partial charge in [-0.05, 0) is 62.8 Å². The molecule has 37 heavy (non-hydrogen) atoms. The molecular formula is C28H32N6O2S. The molecule has 0 amide bonds. The van der Waals surface area contributed by atoms with E-state index in [1.807, 2.05) is 0 Å². The summed E-state index contributed by atoms with van der Waals surface area (Å²) in [6, 6.07) is 6.36. The Morgan fingerprint density at radius 1 is 1.16 bits per heavy atom. The van der Waals surface area contributed by atoms with Crippen LogP contribution in [0.15, 0.2) is 30.9 Å². The van der Waals surface area contributed by atoms with E-state index >= 15 is 0 Å². The van der Waals surface area contributed by atoms with Crippen molar-refractivity contribution < 1.29 is 9.47 Å². The number of nitrogens with one attached hydrogen (secondary N) is 2. The molecule has 0 saturated heterocycles. The molecule has 8 nitrogen and oxygen atoms in total. The number of H-pyrrole nitrogens is 1. The number of rotatable bonds is 9. The zero-order chi connectivity index (χ0) is 25.4. The monoisotopic (exact) mass is 516 g/mol. The molecule has 1 aliphatic heterocycles. The molecule has 0 radical (unpaired) electrons. The summed E-state index contributed by atoms with van der Waals surface area (Å²) < 4.78 is 12.6. The lowest BCUT2D eigenvalue weighted by molar-refractivity contribution is -0.0414. The van der Waals surface area contributed by atoms with Crippen molar-refractivity contribution >= 4 is 48.6 Å². The van der Waals surface area contributed by atoms with Gasteiger partial charge in [0, 0.05) is 37.6 Å². The minimum atomic E-state index is -0.205. The van der Waals surface area contributed by atoms with Gasteiger partial charge in [0.25, 0.3) is 0 Å². The van der Waals surface area contributed by atoms with Crippen LogP contribution in [0.3, 0.4) is 0 Å². The Hall–Kier alpha value is -3.14. The second-order valence-corrected chi connectivity index (χ2v) is 11.3. The quantitative estimate of drug-likeness (QED) is 0.246. The summed E-state index contributed by atoms with van der Waals surface area (Å²) in [5, 5.41) is 4.72. The van der Waals surface area contributed by atoms with E-state index in [9.17, 15) is 0 Å². The van der Waals surface area contributed by atoms with Gasteiger partial charge in [-0.3, -0.25) is 0 Å². The standard InChI is InChI=1S/C28H32N6O2S/c1-28(2)13-22-19(14-36-28)18(6-4-5-11-35-3)23-24-25(37-27(23)34-22)26(33-16-32-24)29-10-9-17-7-8-20-21(12-17)31-15-30-20/h7-8,12,15-16H,4-6,9-11,13-14H2,1-3H3,(H,30,31)(H,29,32,33). The number of aromatic nitrogens is 5. The average Bonchev–Trinajstić information content (AvgIpc) is 3.50. The van der Waals surface area contributed by atoms with Gasteiger partial charge in [0.2, 0.25) is 0 Å². The lowest BCUT2D eigenvalue weighted by Gasteiger charge is -2.32. The first-order valence-electron chi connectivity index (χ1n) is 12.9. The zero-order valence-corrected chi connectivity index (χ0v) is 22.4. The maximum absolute atomic E-state index is 6.23. The topological polar surface area (TPSA) is 97.8 Å². The van der Waals surface area contributed by atoms with Crippen molar-refractivity contribution in [2.24, 2.45) is 0 Å². The largest absolute Gasteiger partial charge is 0.385 e. The van der Waals surface area contributed by atoms with Crippen LogP contribution in [0.1, 0.15) is 49.1 Å². The summed E-state index contributed by atoms with van der Waals surface area (Å²) in [7, 11) is 1.76. The third-order valence-corrected chi connectivity index (χ3v) is 8.20. The van der Waals surface area contributed by atoms with Crippen LogP contribution in [0.2, 0.25) is 0 Å². The van der Waals surface area contributed by atoms with Gasteiger partial charge in [-0.15, -0.1) is 11.3 Å². The van der Waals surface area contributed by atoms with E-state index in [2.05, 4.69) is 52.3 Å². The zero-order valence-electron chi connectivity index (χ0n) is 21.6. The van der Waals surface area contributed by atoms with Crippen molar-refractivity contribution in [3.05, 3.63) is 53.2 Å². The summed E-state index contributed by atoms with van der Waals surface area (Å²) in [6.45, 7) is 6.42. The molecular weight excluding hydrogens is 484 g/mol. The minimum Gasteiger partial charge on any atom is -0.385 e. The molecule has 0 unspecified atom stereocenters. The fourth-order valence-electron chi connectivity index (χ4n) is 5.21. The van der Waals surface area contributed by atoms with E-state index in [4.69, 9.17) is 19.4 Å². The second kappa shape index (κ2) is 9.96. The van der Waals surface area contributed by atoms with Gasteiger partial charge in [-0.25, -0.2) is 19.9 Å². The molecule has 192 valence electrons. The second-order valence-electron chi connectivity index (χ2n) is 10.3. The van der Waals surface area contributed by atoms with E-state index < -0.39 is 0 Å². The van der Waals surface area contributed by atoms with E-state index in [0.29, 0.717) is 6.61 Å². The summed E-state index contributed by atoms with van der Waals surface area (Å²) in [5.41, 5.74) is 7.80. The molecule has 0 bridgehead atoms. The molecule has 6 rings (SSSR count). The molecule has 2 N–H and O–H groups in total. The number of benzene rings is 1. The number of imidazole rings is 1. The van der Waals surface area contributed by atoms with Crippen LogP contribution in [-0.4, -0.2) is 50.8 Å². The molecule has 5 heterocycles. The van der Waals surface area contributed by atoms with Crippen LogP contribution in [0.25, 0.3) is 31.5 Å². The number of anilines is 1. The molecule has 0 saturated carbocycles. The number of hydrogen-bond acceptors (Lipinski definition) is 8. The summed E-state index contributed by atoms with van der Waals surface area (Å²) >= 11 is 1.69. The van der Waals surface area contributed by atoms with Crippen molar-refractivity contribution in [3.8, 4) is 0 Å². The number of hydrogen-bond donors (Lipinski definition) is 2. The SMILES string of the molecule is COCCCCc1c2c(nc3sc4c(NCCc5ccc6[nH]cnc6c5)ncnc4c13)CC(C)(C)OC2. The third-order valence-electron chi connectivity index (χ3n) is 7.12. The number of thiophene rings is 1. The van der Waals surface area contributed by atoms with Crippen LogP contribution in [0.4, 0.5) is 5.82 Å². The smallest absolute Gasteiger partial charge is 0.147 e. The van der Waals surface area contributed by atoms with Crippen molar-refractivity contribution in [1.82, 2.24) is 24.9 Å². The van der Waals surface area contributed by atoms with Gasteiger partial charge in [-0.2, -0.15) is 0 Å². The van der Waals surface area contributed by atoms with Gasteiger partial charge >= 0.3 is 0 Å². The molecule has 0 fully saturated rings. The first kappa shape index (κ1) is 24.2. The highest BCUT2D eigenvalue weighted by molar-refractivity contribution is 7.26. The maximum atomic E-state index is 6.23. The third kappa shape index (κ3) is 4.79. The van der Waals surface area contributed by atoms with Crippen LogP contribution in [0, 0.1) is 0 Å². The predicted molar refractivity (Wildman–Crippen MR) is 148 cm³/mol. The number of aryl methyl sites for hydroxylation is 1. The van der Waals surface area contributed by atoms with E-state index in [1.54, 1.807) is 31.1 Å². The fraction of sp³-hybridized carbons (Fsp3) is 0.429. The Labute approximate surface area is 219 Å². The van der Waals surface area contributed by atoms with Gasteiger partial charge in [0.15, 0.2) is 0 Å². The van der Waals surface area contributed by atoms with E-state index in [-0.39, 0.29) is 5.60 Å². The summed E-state index contributed by atoms with van der Waals surface area (Å²) in [5.74, 6) is 0.869. The van der Waals surface area contributed by atoms with Crippen LogP contribution in [0.5, 0.6) is 0 Å². The Bertz CT molecular complexity index is 1570. The van der Waals surface area contributed by atoms with Crippen molar-refractivity contribution in [2.45, 2.75) is 58.2 Å². The Morgan fingerprint density at radius 3 is 2.97 bits per heavy atom. The highest BCUT2D eigenvalue weighted by atomic mass is 32.1. The number of pyridine rings is 1. The number of nitrogens with zero attached hydrogens (tertiary/aromatic N) is 4. The minimum absolute atomic E-state index is 0.205. The molecule has 0 aliphatic carbocycles. The summed E-state index contributed by atoms with van der Waals surface area (Å²) in [4.78, 5) is 23.1. The molecule has 0 spiro atoms. The average molecular weight is 517 g/mol. The fourth-order valence-corrected chi connectivity index (χ4v) is 6.35. The molecule has 9 heteroatoms. The van der Waals surface area contributed by atoms with Gasteiger partial charge in [-0.1, -0.05) is 6.07 Å². The van der Waals surface area contributed by atoms with E-state index in [0.717, 1.165) is 88.2 Å². The number of fused-ring (bicyclic) bond motifs is 5. The molecule has 1 aliphatic rings. The summed E-state index contributed by atoms with van der Waals surface area (Å²) in [6.07, 6.45) is 8.13. The van der Waals surface area contributed by atoms with E-state index in [1.165, 1.54) is 16.7 Å².